The molecule has 160 valence electrons. The van der Waals surface area contributed by atoms with Crippen molar-refractivity contribution in [3.63, 3.8) is 0 Å². The molecule has 1 fully saturated rings. The largest absolute Gasteiger partial charge is 0.396 e. The van der Waals surface area contributed by atoms with Gasteiger partial charge in [0.25, 0.3) is 0 Å². The van der Waals surface area contributed by atoms with Gasteiger partial charge in [0, 0.05) is 25.8 Å². The lowest BCUT2D eigenvalue weighted by molar-refractivity contribution is 0.131. The maximum absolute atomic E-state index is 13.8. The van der Waals surface area contributed by atoms with Gasteiger partial charge in [-0.2, -0.15) is 0 Å². The summed E-state index contributed by atoms with van der Waals surface area (Å²) in [6.07, 6.45) is 5.99. The third-order valence-corrected chi connectivity index (χ3v) is 5.13. The molecular formula is C19H28F4IN3O. The van der Waals surface area contributed by atoms with E-state index in [2.05, 4.69) is 15.6 Å². The summed E-state index contributed by atoms with van der Waals surface area (Å²) in [5.74, 6) is -5.44. The molecule has 0 unspecified atom stereocenters. The molecule has 1 aliphatic carbocycles. The number of aliphatic imine (C=N–C) groups is 1. The summed E-state index contributed by atoms with van der Waals surface area (Å²) in [7, 11) is 0. The second-order valence-electron chi connectivity index (χ2n) is 7.03. The van der Waals surface area contributed by atoms with Gasteiger partial charge in [0.05, 0.1) is 12.1 Å². The number of halogens is 5. The Bertz CT molecular complexity index is 635. The Morgan fingerprint density at radius 3 is 2.21 bits per heavy atom. The van der Waals surface area contributed by atoms with E-state index in [1.807, 2.05) is 6.92 Å². The molecule has 1 aliphatic rings. The molecule has 1 aromatic rings. The van der Waals surface area contributed by atoms with Crippen molar-refractivity contribution in [3.05, 3.63) is 34.9 Å². The van der Waals surface area contributed by atoms with Crippen LogP contribution in [-0.2, 0) is 6.54 Å². The van der Waals surface area contributed by atoms with Crippen LogP contribution in [0, 0.1) is 28.7 Å². The predicted octanol–water partition coefficient (Wildman–Crippen LogP) is 4.25. The third-order valence-electron chi connectivity index (χ3n) is 5.13. The molecule has 3 N–H and O–H groups in total. The fraction of sp³-hybridized carbons (Fsp3) is 0.632. The number of hydrogen-bond acceptors (Lipinski definition) is 2. The summed E-state index contributed by atoms with van der Waals surface area (Å²) in [6, 6.07) is 0.184. The lowest BCUT2D eigenvalue weighted by Gasteiger charge is -2.37. The number of benzene rings is 1. The second kappa shape index (κ2) is 11.8. The van der Waals surface area contributed by atoms with Crippen LogP contribution in [0.2, 0.25) is 0 Å². The summed E-state index contributed by atoms with van der Waals surface area (Å²) in [4.78, 5) is 4.08. The minimum atomic E-state index is -1.44. The van der Waals surface area contributed by atoms with Gasteiger partial charge in [0.1, 0.15) is 0 Å². The van der Waals surface area contributed by atoms with Crippen LogP contribution in [0.5, 0.6) is 0 Å². The van der Waals surface area contributed by atoms with Gasteiger partial charge in [-0.3, -0.25) is 0 Å². The van der Waals surface area contributed by atoms with Gasteiger partial charge in [-0.25, -0.2) is 22.6 Å². The molecule has 9 heteroatoms. The average molecular weight is 517 g/mol. The Morgan fingerprint density at radius 1 is 1.07 bits per heavy atom. The zero-order valence-corrected chi connectivity index (χ0v) is 18.3. The number of nitrogens with zero attached hydrogens (tertiary/aromatic N) is 1. The quantitative estimate of drug-likeness (QED) is 0.167. The Kier molecular flexibility index (Phi) is 10.5. The van der Waals surface area contributed by atoms with E-state index in [0.717, 1.165) is 25.7 Å². The van der Waals surface area contributed by atoms with Gasteiger partial charge in [-0.15, -0.1) is 24.0 Å². The van der Waals surface area contributed by atoms with Gasteiger partial charge in [0.15, 0.2) is 29.2 Å². The van der Waals surface area contributed by atoms with Gasteiger partial charge in [0.2, 0.25) is 0 Å². The molecule has 28 heavy (non-hydrogen) atoms. The number of aliphatic hydroxyl groups excluding tert-OH is 1. The first-order valence-electron chi connectivity index (χ1n) is 9.37. The Labute approximate surface area is 180 Å². The third kappa shape index (κ3) is 6.47. The van der Waals surface area contributed by atoms with Gasteiger partial charge in [-0.05, 0) is 31.6 Å². The highest BCUT2D eigenvalue weighted by atomic mass is 127. The van der Waals surface area contributed by atoms with Crippen molar-refractivity contribution in [3.8, 4) is 0 Å². The van der Waals surface area contributed by atoms with Crippen LogP contribution in [0.1, 0.15) is 51.0 Å². The minimum Gasteiger partial charge on any atom is -0.396 e. The predicted molar refractivity (Wildman–Crippen MR) is 112 cm³/mol. The molecule has 0 atom stereocenters. The van der Waals surface area contributed by atoms with Crippen LogP contribution in [0.15, 0.2) is 11.1 Å². The van der Waals surface area contributed by atoms with E-state index >= 15 is 0 Å². The number of aliphatic hydroxyl groups is 1. The van der Waals surface area contributed by atoms with Crippen LogP contribution in [0.4, 0.5) is 17.6 Å². The normalized spacial score (nSPS) is 16.4. The number of hydrogen-bond donors (Lipinski definition) is 3. The summed E-state index contributed by atoms with van der Waals surface area (Å²) in [5.41, 5.74) is -0.794. The van der Waals surface area contributed by atoms with Gasteiger partial charge < -0.3 is 15.7 Å². The van der Waals surface area contributed by atoms with E-state index in [9.17, 15) is 22.7 Å². The summed E-state index contributed by atoms with van der Waals surface area (Å²) in [5, 5.41) is 15.5. The molecule has 2 rings (SSSR count). The highest BCUT2D eigenvalue weighted by Gasteiger charge is 2.31. The maximum atomic E-state index is 13.8. The maximum Gasteiger partial charge on any atom is 0.191 e. The van der Waals surface area contributed by atoms with Crippen molar-refractivity contribution in [1.29, 1.82) is 0 Å². The van der Waals surface area contributed by atoms with Crippen LogP contribution >= 0.6 is 24.0 Å². The number of guanidine groups is 1. The van der Waals surface area contributed by atoms with E-state index in [1.165, 1.54) is 6.42 Å². The summed E-state index contributed by atoms with van der Waals surface area (Å²) in [6.45, 7) is 2.47. The van der Waals surface area contributed by atoms with Crippen molar-refractivity contribution in [1.82, 2.24) is 10.6 Å². The van der Waals surface area contributed by atoms with Crippen molar-refractivity contribution < 1.29 is 22.7 Å². The van der Waals surface area contributed by atoms with Crippen molar-refractivity contribution >= 4 is 29.9 Å². The van der Waals surface area contributed by atoms with E-state index in [1.54, 1.807) is 0 Å². The van der Waals surface area contributed by atoms with Gasteiger partial charge >= 0.3 is 0 Å². The summed E-state index contributed by atoms with van der Waals surface area (Å²) < 4.78 is 54.3. The molecule has 0 heterocycles. The first-order valence-corrected chi connectivity index (χ1v) is 9.37. The molecule has 1 saturated carbocycles. The molecule has 1 aromatic carbocycles. The van der Waals surface area contributed by atoms with E-state index in [0.29, 0.717) is 25.5 Å². The van der Waals surface area contributed by atoms with E-state index in [4.69, 9.17) is 0 Å². The van der Waals surface area contributed by atoms with Crippen molar-refractivity contribution in [2.75, 3.05) is 19.7 Å². The fourth-order valence-electron chi connectivity index (χ4n) is 3.59. The van der Waals surface area contributed by atoms with Crippen LogP contribution in [0.25, 0.3) is 0 Å². The zero-order valence-electron chi connectivity index (χ0n) is 16.0. The Morgan fingerprint density at radius 2 is 1.68 bits per heavy atom. The lowest BCUT2D eigenvalue weighted by Crippen LogP contribution is -2.45. The van der Waals surface area contributed by atoms with E-state index in [-0.39, 0.29) is 42.1 Å². The van der Waals surface area contributed by atoms with Crippen molar-refractivity contribution in [2.45, 2.75) is 52.0 Å². The monoisotopic (exact) mass is 517 g/mol. The number of rotatable bonds is 7. The number of nitrogens with one attached hydrogen (secondary N) is 2. The highest BCUT2D eigenvalue weighted by Crippen LogP contribution is 2.38. The standard InChI is InChI=1S/C19H27F4N3O.HI/c1-2-24-18(26-12-19(8-9-27)6-4-3-5-7-19)25-11-13-16(22)14(20)10-15(21)17(13)23;/h10,27H,2-9,11-12H2,1H3,(H2,24,25,26);1H. The Hall–Kier alpha value is -1.10. The van der Waals surface area contributed by atoms with Gasteiger partial charge in [-0.1, -0.05) is 19.3 Å². The zero-order chi connectivity index (χ0) is 19.9. The molecule has 0 saturated heterocycles. The lowest BCUT2D eigenvalue weighted by atomic mass is 9.72. The smallest absolute Gasteiger partial charge is 0.191 e. The molecule has 0 amide bonds. The summed E-state index contributed by atoms with van der Waals surface area (Å²) >= 11 is 0. The van der Waals surface area contributed by atoms with Crippen molar-refractivity contribution in [2.24, 2.45) is 10.4 Å². The molecule has 0 bridgehead atoms. The molecule has 0 aromatic heterocycles. The topological polar surface area (TPSA) is 56.7 Å². The van der Waals surface area contributed by atoms with Crippen LogP contribution in [0.3, 0.4) is 0 Å². The molecule has 0 radical (unpaired) electrons. The average Bonchev–Trinajstić information content (AvgIpc) is 2.65. The SMILES string of the molecule is CCNC(=NCc1c(F)c(F)cc(F)c1F)NCC1(CCO)CCCCC1.I. The molecular weight excluding hydrogens is 489 g/mol. The Balaban J connectivity index is 0.00000392. The van der Waals surface area contributed by atoms with Crippen LogP contribution in [-0.4, -0.2) is 30.8 Å². The highest BCUT2D eigenvalue weighted by molar-refractivity contribution is 14.0. The molecule has 0 aliphatic heterocycles. The first kappa shape index (κ1) is 24.9. The minimum absolute atomic E-state index is 0. The second-order valence-corrected chi connectivity index (χ2v) is 7.03. The van der Waals surface area contributed by atoms with E-state index < -0.39 is 35.4 Å². The first-order chi connectivity index (χ1) is 12.9. The molecule has 4 nitrogen and oxygen atoms in total. The fourth-order valence-corrected chi connectivity index (χ4v) is 3.59. The molecule has 0 spiro atoms. The van der Waals surface area contributed by atoms with Crippen LogP contribution < -0.4 is 10.6 Å².